The molecule has 2 rings (SSSR count). The summed E-state index contributed by atoms with van der Waals surface area (Å²) in [5, 5.41) is 0. The largest absolute Gasteiger partial charge is 0.310 e. The number of aryl methyl sites for hydroxylation is 1. The fraction of sp³-hybridized carbons (Fsp3) is 0.545. The van der Waals surface area contributed by atoms with Crippen molar-refractivity contribution in [2.45, 2.75) is 33.2 Å². The molecule has 0 spiro atoms. The van der Waals surface area contributed by atoms with Crippen molar-refractivity contribution in [2.24, 2.45) is 7.05 Å². The van der Waals surface area contributed by atoms with E-state index in [0.717, 1.165) is 0 Å². The highest BCUT2D eigenvalue weighted by Crippen LogP contribution is 2.18. The Morgan fingerprint density at radius 3 is 2.50 bits per heavy atom. The van der Waals surface area contributed by atoms with Crippen LogP contribution < -0.4 is 5.56 Å². The van der Waals surface area contributed by atoms with Crippen LogP contribution in [0.25, 0.3) is 11.2 Å². The van der Waals surface area contributed by atoms with Crippen LogP contribution in [0, 0.1) is 6.92 Å². The molecule has 2 aromatic heterocycles. The van der Waals surface area contributed by atoms with Crippen LogP contribution in [0.4, 0.5) is 0 Å². The third-order valence-corrected chi connectivity index (χ3v) is 2.73. The molecule has 2 aromatic rings. The average molecular weight is 220 g/mol. The van der Waals surface area contributed by atoms with Crippen LogP contribution in [0.2, 0.25) is 0 Å². The molecule has 0 radical (unpaired) electrons. The maximum atomic E-state index is 11.9. The Hall–Kier alpha value is -1.65. The molecule has 0 atom stereocenters. The maximum absolute atomic E-state index is 11.9. The first-order valence-corrected chi connectivity index (χ1v) is 5.23. The number of imidazole rings is 1. The first-order valence-electron chi connectivity index (χ1n) is 5.23. The van der Waals surface area contributed by atoms with Crippen molar-refractivity contribution in [3.8, 4) is 0 Å². The number of rotatable bonds is 0. The standard InChI is InChI=1S/C11H16N4O/c1-7-13-9-8(10(16)14(7)5)12-6-15(9)11(2,3)4/h6H,1-5H3. The van der Waals surface area contributed by atoms with Crippen molar-refractivity contribution in [1.82, 2.24) is 19.1 Å². The summed E-state index contributed by atoms with van der Waals surface area (Å²) in [7, 11) is 1.71. The Morgan fingerprint density at radius 2 is 1.94 bits per heavy atom. The third-order valence-electron chi connectivity index (χ3n) is 2.73. The van der Waals surface area contributed by atoms with E-state index in [1.807, 2.05) is 11.5 Å². The smallest absolute Gasteiger partial charge is 0.281 e. The first kappa shape index (κ1) is 10.9. The van der Waals surface area contributed by atoms with Gasteiger partial charge in [0.05, 0.1) is 6.33 Å². The van der Waals surface area contributed by atoms with Gasteiger partial charge in [0.1, 0.15) is 5.82 Å². The molecule has 0 saturated carbocycles. The zero-order chi connectivity index (χ0) is 12.1. The molecule has 0 aliphatic rings. The Kier molecular flexibility index (Phi) is 2.15. The summed E-state index contributed by atoms with van der Waals surface area (Å²) in [6, 6.07) is 0. The monoisotopic (exact) mass is 220 g/mol. The number of hydrogen-bond acceptors (Lipinski definition) is 3. The summed E-state index contributed by atoms with van der Waals surface area (Å²) < 4.78 is 3.44. The van der Waals surface area contributed by atoms with Crippen LogP contribution in [-0.4, -0.2) is 19.1 Å². The fourth-order valence-electron chi connectivity index (χ4n) is 1.62. The quantitative estimate of drug-likeness (QED) is 0.670. The van der Waals surface area contributed by atoms with Crippen molar-refractivity contribution in [1.29, 1.82) is 0 Å². The molecule has 0 fully saturated rings. The number of fused-ring (bicyclic) bond motifs is 1. The van der Waals surface area contributed by atoms with Crippen LogP contribution in [0.1, 0.15) is 26.6 Å². The van der Waals surface area contributed by atoms with E-state index in [0.29, 0.717) is 17.0 Å². The van der Waals surface area contributed by atoms with Gasteiger partial charge in [-0.25, -0.2) is 9.97 Å². The van der Waals surface area contributed by atoms with E-state index in [9.17, 15) is 4.79 Å². The second-order valence-electron chi connectivity index (χ2n) is 4.98. The van der Waals surface area contributed by atoms with E-state index in [2.05, 4.69) is 30.7 Å². The third kappa shape index (κ3) is 1.43. The van der Waals surface area contributed by atoms with Gasteiger partial charge in [0.2, 0.25) is 0 Å². The molecule has 0 aliphatic heterocycles. The Morgan fingerprint density at radius 1 is 1.31 bits per heavy atom. The highest BCUT2D eigenvalue weighted by atomic mass is 16.1. The predicted molar refractivity (Wildman–Crippen MR) is 62.5 cm³/mol. The van der Waals surface area contributed by atoms with Gasteiger partial charge in [-0.05, 0) is 27.7 Å². The van der Waals surface area contributed by atoms with Gasteiger partial charge in [-0.15, -0.1) is 0 Å². The Bertz CT molecular complexity index is 601. The topological polar surface area (TPSA) is 52.7 Å². The van der Waals surface area contributed by atoms with Gasteiger partial charge < -0.3 is 4.57 Å². The molecule has 0 bridgehead atoms. The number of aromatic nitrogens is 4. The minimum Gasteiger partial charge on any atom is -0.310 e. The summed E-state index contributed by atoms with van der Waals surface area (Å²) >= 11 is 0. The van der Waals surface area contributed by atoms with Gasteiger partial charge in [0.15, 0.2) is 11.2 Å². The lowest BCUT2D eigenvalue weighted by Crippen LogP contribution is -2.24. The lowest BCUT2D eigenvalue weighted by atomic mass is 10.1. The zero-order valence-corrected chi connectivity index (χ0v) is 10.3. The number of hydrogen-bond donors (Lipinski definition) is 0. The molecule has 0 unspecified atom stereocenters. The van der Waals surface area contributed by atoms with E-state index < -0.39 is 0 Å². The summed E-state index contributed by atoms with van der Waals surface area (Å²) in [5.74, 6) is 0.698. The Balaban J connectivity index is 2.90. The highest BCUT2D eigenvalue weighted by Gasteiger charge is 2.19. The molecule has 0 aliphatic carbocycles. The molecule has 2 heterocycles. The molecule has 0 aromatic carbocycles. The van der Waals surface area contributed by atoms with E-state index in [1.54, 1.807) is 13.4 Å². The average Bonchev–Trinajstić information content (AvgIpc) is 2.57. The molecule has 0 N–H and O–H groups in total. The van der Waals surface area contributed by atoms with Gasteiger partial charge in [-0.3, -0.25) is 9.36 Å². The van der Waals surface area contributed by atoms with Gasteiger partial charge in [-0.1, -0.05) is 0 Å². The van der Waals surface area contributed by atoms with E-state index in [4.69, 9.17) is 0 Å². The van der Waals surface area contributed by atoms with Gasteiger partial charge in [-0.2, -0.15) is 0 Å². The fourth-order valence-corrected chi connectivity index (χ4v) is 1.62. The molecular weight excluding hydrogens is 204 g/mol. The second kappa shape index (κ2) is 3.17. The van der Waals surface area contributed by atoms with Crippen LogP contribution >= 0.6 is 0 Å². The SMILES string of the molecule is Cc1nc2c(ncn2C(C)(C)C)c(=O)n1C. The minimum atomic E-state index is -0.124. The van der Waals surface area contributed by atoms with Crippen LogP contribution in [0.15, 0.2) is 11.1 Å². The normalized spacial score (nSPS) is 12.3. The molecule has 5 nitrogen and oxygen atoms in total. The van der Waals surface area contributed by atoms with Crippen molar-refractivity contribution < 1.29 is 0 Å². The second-order valence-corrected chi connectivity index (χ2v) is 4.98. The predicted octanol–water partition coefficient (Wildman–Crippen LogP) is 1.19. The van der Waals surface area contributed by atoms with Crippen LogP contribution in [0.5, 0.6) is 0 Å². The minimum absolute atomic E-state index is 0.0921. The van der Waals surface area contributed by atoms with Crippen molar-refractivity contribution >= 4 is 11.2 Å². The van der Waals surface area contributed by atoms with E-state index in [1.165, 1.54) is 4.57 Å². The van der Waals surface area contributed by atoms with Crippen LogP contribution in [0.3, 0.4) is 0 Å². The van der Waals surface area contributed by atoms with Gasteiger partial charge in [0, 0.05) is 12.6 Å². The van der Waals surface area contributed by atoms with E-state index >= 15 is 0 Å². The zero-order valence-electron chi connectivity index (χ0n) is 10.3. The molecule has 0 amide bonds. The van der Waals surface area contributed by atoms with Crippen molar-refractivity contribution in [3.05, 3.63) is 22.5 Å². The lowest BCUT2D eigenvalue weighted by Gasteiger charge is -2.21. The molecule has 16 heavy (non-hydrogen) atoms. The summed E-state index contributed by atoms with van der Waals surface area (Å²) in [5.41, 5.74) is 0.877. The van der Waals surface area contributed by atoms with E-state index in [-0.39, 0.29) is 11.1 Å². The number of nitrogens with zero attached hydrogens (tertiary/aromatic N) is 4. The maximum Gasteiger partial charge on any atom is 0.281 e. The Labute approximate surface area is 93.8 Å². The van der Waals surface area contributed by atoms with Crippen molar-refractivity contribution in [3.63, 3.8) is 0 Å². The van der Waals surface area contributed by atoms with Crippen LogP contribution in [-0.2, 0) is 12.6 Å². The summed E-state index contributed by atoms with van der Waals surface area (Å²) in [6.45, 7) is 7.99. The first-order chi connectivity index (χ1) is 7.32. The molecule has 86 valence electrons. The molecule has 5 heteroatoms. The molecular formula is C11H16N4O. The highest BCUT2D eigenvalue weighted by molar-refractivity contribution is 5.69. The van der Waals surface area contributed by atoms with Gasteiger partial charge in [0.25, 0.3) is 5.56 Å². The molecule has 0 saturated heterocycles. The lowest BCUT2D eigenvalue weighted by molar-refractivity contribution is 0.405. The summed E-state index contributed by atoms with van der Waals surface area (Å²) in [6.07, 6.45) is 1.68. The van der Waals surface area contributed by atoms with Crippen molar-refractivity contribution in [2.75, 3.05) is 0 Å². The summed E-state index contributed by atoms with van der Waals surface area (Å²) in [4.78, 5) is 20.5. The van der Waals surface area contributed by atoms with Gasteiger partial charge >= 0.3 is 0 Å².